The Bertz CT molecular complexity index is 324. The molecule has 1 rings (SSSR count). The van der Waals surface area contributed by atoms with Gasteiger partial charge in [0.25, 0.3) is 0 Å². The molecule has 0 bridgehead atoms. The minimum atomic E-state index is -3.81. The lowest BCUT2D eigenvalue weighted by Crippen LogP contribution is -2.47. The second kappa shape index (κ2) is 6.02. The van der Waals surface area contributed by atoms with Gasteiger partial charge in [0.1, 0.15) is 0 Å². The number of carbonyl (C=O) groups is 1. The van der Waals surface area contributed by atoms with Crippen LogP contribution in [-0.4, -0.2) is 40.8 Å². The van der Waals surface area contributed by atoms with Crippen molar-refractivity contribution < 1.29 is 17.9 Å². The van der Waals surface area contributed by atoms with Crippen LogP contribution in [0.25, 0.3) is 0 Å². The summed E-state index contributed by atoms with van der Waals surface area (Å²) in [7, 11) is -2.70. The highest BCUT2D eigenvalue weighted by atomic mass is 32.2. The van der Waals surface area contributed by atoms with Crippen molar-refractivity contribution >= 4 is 16.3 Å². The predicted molar refractivity (Wildman–Crippen MR) is 58.1 cm³/mol. The summed E-state index contributed by atoms with van der Waals surface area (Å²) in [5.74, 6) is 0. The Balaban J connectivity index is 2.32. The summed E-state index contributed by atoms with van der Waals surface area (Å²) in [6, 6.07) is 0.128. The number of hydrogen-bond acceptors (Lipinski definition) is 5. The van der Waals surface area contributed by atoms with Crippen LogP contribution in [0.4, 0.5) is 4.79 Å². The molecule has 0 aromatic heterocycles. The lowest BCUT2D eigenvalue weighted by molar-refractivity contribution is 0.177. The minimum Gasteiger partial charge on any atom is -0.452 e. The molecule has 0 saturated carbocycles. The molecule has 0 aliphatic carbocycles. The van der Waals surface area contributed by atoms with Gasteiger partial charge in [0, 0.05) is 12.6 Å². The van der Waals surface area contributed by atoms with E-state index in [9.17, 15) is 13.2 Å². The molecule has 8 heteroatoms. The molecule has 1 saturated heterocycles. The average Bonchev–Trinajstić information content (AvgIpc) is 2.27. The zero-order valence-corrected chi connectivity index (χ0v) is 9.97. The van der Waals surface area contributed by atoms with Crippen LogP contribution in [0.1, 0.15) is 19.3 Å². The van der Waals surface area contributed by atoms with Gasteiger partial charge in [-0.3, -0.25) is 0 Å². The SMILES string of the molecule is COC(=O)NS(=O)(=O)NCC1CCCCN1. The Hall–Kier alpha value is -0.860. The second-order valence-electron chi connectivity index (χ2n) is 3.59. The van der Waals surface area contributed by atoms with E-state index >= 15 is 0 Å². The Labute approximate surface area is 95.1 Å². The Kier molecular flexibility index (Phi) is 4.97. The van der Waals surface area contributed by atoms with Crippen LogP contribution in [0, 0.1) is 0 Å². The molecular formula is C8H17N3O4S. The second-order valence-corrected chi connectivity index (χ2v) is 5.09. The number of hydrogen-bond donors (Lipinski definition) is 3. The maximum absolute atomic E-state index is 11.3. The maximum atomic E-state index is 11.3. The number of amides is 1. The van der Waals surface area contributed by atoms with Crippen molar-refractivity contribution in [2.45, 2.75) is 25.3 Å². The Morgan fingerprint density at radius 1 is 1.50 bits per heavy atom. The number of carbonyl (C=O) groups excluding carboxylic acids is 1. The van der Waals surface area contributed by atoms with Gasteiger partial charge < -0.3 is 10.1 Å². The fourth-order valence-corrected chi connectivity index (χ4v) is 2.29. The van der Waals surface area contributed by atoms with E-state index in [1.165, 1.54) is 0 Å². The minimum absolute atomic E-state index is 0.128. The van der Waals surface area contributed by atoms with Crippen LogP contribution in [-0.2, 0) is 14.9 Å². The van der Waals surface area contributed by atoms with Crippen molar-refractivity contribution in [3.8, 4) is 0 Å². The first-order chi connectivity index (χ1) is 7.53. The normalized spacial score (nSPS) is 21.4. The van der Waals surface area contributed by atoms with Crippen molar-refractivity contribution in [3.05, 3.63) is 0 Å². The zero-order chi connectivity index (χ0) is 12.0. The first-order valence-corrected chi connectivity index (χ1v) is 6.60. The fourth-order valence-electron chi connectivity index (χ4n) is 1.50. The van der Waals surface area contributed by atoms with Gasteiger partial charge in [-0.1, -0.05) is 6.42 Å². The first-order valence-electron chi connectivity index (χ1n) is 5.12. The molecule has 1 aliphatic rings. The third kappa shape index (κ3) is 4.77. The lowest BCUT2D eigenvalue weighted by Gasteiger charge is -2.23. The monoisotopic (exact) mass is 251 g/mol. The van der Waals surface area contributed by atoms with Crippen LogP contribution in [0.2, 0.25) is 0 Å². The molecule has 7 nitrogen and oxygen atoms in total. The number of piperidine rings is 1. The number of nitrogens with one attached hydrogen (secondary N) is 3. The highest BCUT2D eigenvalue weighted by Gasteiger charge is 2.18. The highest BCUT2D eigenvalue weighted by molar-refractivity contribution is 7.88. The standard InChI is InChI=1S/C8H17N3O4S/c1-15-8(12)11-16(13,14)10-6-7-4-2-3-5-9-7/h7,9-10H,2-6H2,1H3,(H,11,12). The lowest BCUT2D eigenvalue weighted by atomic mass is 10.1. The predicted octanol–water partition coefficient (Wildman–Crippen LogP) is -0.681. The van der Waals surface area contributed by atoms with E-state index in [1.54, 1.807) is 4.72 Å². The molecule has 0 spiro atoms. The molecule has 1 atom stereocenters. The van der Waals surface area contributed by atoms with Gasteiger partial charge in [0.15, 0.2) is 0 Å². The molecule has 1 amide bonds. The van der Waals surface area contributed by atoms with E-state index in [-0.39, 0.29) is 12.6 Å². The van der Waals surface area contributed by atoms with Crippen LogP contribution in [0.15, 0.2) is 0 Å². The van der Waals surface area contributed by atoms with Gasteiger partial charge in [-0.2, -0.15) is 13.1 Å². The van der Waals surface area contributed by atoms with E-state index in [2.05, 4.69) is 14.8 Å². The van der Waals surface area contributed by atoms with Gasteiger partial charge in [0.2, 0.25) is 0 Å². The van der Waals surface area contributed by atoms with Crippen molar-refractivity contribution in [2.75, 3.05) is 20.2 Å². The summed E-state index contributed by atoms with van der Waals surface area (Å²) in [4.78, 5) is 10.7. The molecule has 1 heterocycles. The summed E-state index contributed by atoms with van der Waals surface area (Å²) >= 11 is 0. The number of ether oxygens (including phenoxy) is 1. The van der Waals surface area contributed by atoms with Gasteiger partial charge in [0.05, 0.1) is 7.11 Å². The molecule has 1 unspecified atom stereocenters. The molecule has 0 aromatic carbocycles. The largest absolute Gasteiger partial charge is 0.452 e. The van der Waals surface area contributed by atoms with Crippen LogP contribution >= 0.6 is 0 Å². The van der Waals surface area contributed by atoms with Crippen LogP contribution in [0.3, 0.4) is 0 Å². The van der Waals surface area contributed by atoms with Crippen LogP contribution in [0.5, 0.6) is 0 Å². The Morgan fingerprint density at radius 2 is 2.25 bits per heavy atom. The summed E-state index contributed by atoms with van der Waals surface area (Å²) in [5.41, 5.74) is 0. The molecular weight excluding hydrogens is 234 g/mol. The van der Waals surface area contributed by atoms with Crippen molar-refractivity contribution in [2.24, 2.45) is 0 Å². The first kappa shape index (κ1) is 13.2. The van der Waals surface area contributed by atoms with Crippen molar-refractivity contribution in [1.82, 2.24) is 14.8 Å². The fraction of sp³-hybridized carbons (Fsp3) is 0.875. The summed E-state index contributed by atoms with van der Waals surface area (Å²) in [6.07, 6.45) is 2.14. The van der Waals surface area contributed by atoms with E-state index in [0.717, 1.165) is 32.9 Å². The molecule has 1 aliphatic heterocycles. The van der Waals surface area contributed by atoms with Crippen molar-refractivity contribution in [1.29, 1.82) is 0 Å². The topological polar surface area (TPSA) is 96.5 Å². The molecule has 0 radical (unpaired) electrons. The zero-order valence-electron chi connectivity index (χ0n) is 9.15. The van der Waals surface area contributed by atoms with Gasteiger partial charge in [-0.05, 0) is 19.4 Å². The van der Waals surface area contributed by atoms with E-state index in [4.69, 9.17) is 0 Å². The molecule has 16 heavy (non-hydrogen) atoms. The maximum Gasteiger partial charge on any atom is 0.421 e. The summed E-state index contributed by atoms with van der Waals surface area (Å²) in [6.45, 7) is 1.17. The smallest absolute Gasteiger partial charge is 0.421 e. The number of rotatable bonds is 4. The van der Waals surface area contributed by atoms with Gasteiger partial charge in [-0.15, -0.1) is 0 Å². The third-order valence-electron chi connectivity index (χ3n) is 2.34. The van der Waals surface area contributed by atoms with E-state index in [0.29, 0.717) is 0 Å². The quantitative estimate of drug-likeness (QED) is 0.615. The van der Waals surface area contributed by atoms with E-state index < -0.39 is 16.3 Å². The highest BCUT2D eigenvalue weighted by Crippen LogP contribution is 2.05. The third-order valence-corrected chi connectivity index (χ3v) is 3.32. The summed E-state index contributed by atoms with van der Waals surface area (Å²) < 4.78 is 30.8. The summed E-state index contributed by atoms with van der Waals surface area (Å²) in [5, 5.41) is 3.19. The van der Waals surface area contributed by atoms with Crippen LogP contribution < -0.4 is 14.8 Å². The van der Waals surface area contributed by atoms with E-state index in [1.807, 2.05) is 0 Å². The van der Waals surface area contributed by atoms with Gasteiger partial charge >= 0.3 is 16.3 Å². The van der Waals surface area contributed by atoms with Gasteiger partial charge in [-0.25, -0.2) is 9.52 Å². The molecule has 1 fully saturated rings. The van der Waals surface area contributed by atoms with Crippen molar-refractivity contribution in [3.63, 3.8) is 0 Å². The molecule has 3 N–H and O–H groups in total. The average molecular weight is 251 g/mol. The number of methoxy groups -OCH3 is 1. The molecule has 94 valence electrons. The molecule has 0 aromatic rings. The Morgan fingerprint density at radius 3 is 2.81 bits per heavy atom.